The number of nitrogens with one attached hydrogen (secondary N) is 2. The Morgan fingerprint density at radius 2 is 1.82 bits per heavy atom. The molecule has 0 unspecified atom stereocenters. The zero-order chi connectivity index (χ0) is 12.7. The highest BCUT2D eigenvalue weighted by atomic mass is 15.3. The second-order valence-electron chi connectivity index (χ2n) is 5.43. The molecule has 0 aromatic rings. The Labute approximate surface area is 105 Å². The van der Waals surface area contributed by atoms with Gasteiger partial charge in [-0.15, -0.1) is 0 Å². The first-order valence-corrected chi connectivity index (χ1v) is 6.93. The van der Waals surface area contributed by atoms with Gasteiger partial charge in [0.15, 0.2) is 0 Å². The third-order valence-electron chi connectivity index (χ3n) is 3.61. The van der Waals surface area contributed by atoms with E-state index in [4.69, 9.17) is 5.84 Å². The molecule has 0 amide bonds. The van der Waals surface area contributed by atoms with Crippen LogP contribution in [0, 0.1) is 11.8 Å². The molecular formula is C13H28N4. The maximum atomic E-state index is 5.44. The summed E-state index contributed by atoms with van der Waals surface area (Å²) >= 11 is 0. The van der Waals surface area contributed by atoms with E-state index in [1.165, 1.54) is 32.1 Å². The van der Waals surface area contributed by atoms with Gasteiger partial charge in [-0.05, 0) is 38.5 Å². The van der Waals surface area contributed by atoms with Gasteiger partial charge in [-0.2, -0.15) is 0 Å². The Hall–Kier alpha value is -0.770. The van der Waals surface area contributed by atoms with E-state index in [0.29, 0.717) is 6.04 Å². The van der Waals surface area contributed by atoms with Crippen LogP contribution < -0.4 is 16.6 Å². The van der Waals surface area contributed by atoms with Gasteiger partial charge in [-0.25, -0.2) is 5.84 Å². The summed E-state index contributed by atoms with van der Waals surface area (Å²) in [7, 11) is 0. The first-order chi connectivity index (χ1) is 8.15. The van der Waals surface area contributed by atoms with Gasteiger partial charge in [0.05, 0.1) is 0 Å². The summed E-state index contributed by atoms with van der Waals surface area (Å²) in [5.41, 5.74) is 2.63. The van der Waals surface area contributed by atoms with Gasteiger partial charge in [-0.3, -0.25) is 10.4 Å². The van der Waals surface area contributed by atoms with Crippen molar-refractivity contribution >= 4 is 5.96 Å². The first kappa shape index (κ1) is 14.3. The Morgan fingerprint density at radius 3 is 2.29 bits per heavy atom. The molecule has 1 fully saturated rings. The van der Waals surface area contributed by atoms with E-state index < -0.39 is 0 Å². The number of rotatable bonds is 4. The fourth-order valence-electron chi connectivity index (χ4n) is 2.45. The van der Waals surface area contributed by atoms with Crippen molar-refractivity contribution in [1.29, 1.82) is 0 Å². The lowest BCUT2D eigenvalue weighted by Gasteiger charge is -2.26. The summed E-state index contributed by atoms with van der Waals surface area (Å²) in [6, 6.07) is 0.362. The molecule has 4 N–H and O–H groups in total. The van der Waals surface area contributed by atoms with Crippen LogP contribution >= 0.6 is 0 Å². The highest BCUT2D eigenvalue weighted by molar-refractivity contribution is 5.79. The average molecular weight is 240 g/mol. The Balaban J connectivity index is 2.31. The molecule has 0 radical (unpaired) electrons. The van der Waals surface area contributed by atoms with E-state index in [-0.39, 0.29) is 0 Å². The van der Waals surface area contributed by atoms with Crippen LogP contribution in [0.3, 0.4) is 0 Å². The molecule has 17 heavy (non-hydrogen) atoms. The van der Waals surface area contributed by atoms with Crippen LogP contribution in [0.2, 0.25) is 0 Å². The molecule has 1 aliphatic rings. The first-order valence-electron chi connectivity index (χ1n) is 6.93. The Bertz CT molecular complexity index is 230. The van der Waals surface area contributed by atoms with Gasteiger partial charge in [0.2, 0.25) is 5.96 Å². The quantitative estimate of drug-likeness (QED) is 0.305. The monoisotopic (exact) mass is 240 g/mol. The third-order valence-corrected chi connectivity index (χ3v) is 3.61. The van der Waals surface area contributed by atoms with Gasteiger partial charge in [0.25, 0.3) is 0 Å². The summed E-state index contributed by atoms with van der Waals surface area (Å²) in [4.78, 5) is 4.53. The third kappa shape index (κ3) is 5.39. The summed E-state index contributed by atoms with van der Waals surface area (Å²) in [6.07, 6.45) is 6.73. The normalized spacial score (nSPS) is 26.1. The van der Waals surface area contributed by atoms with Crippen molar-refractivity contribution in [2.24, 2.45) is 22.7 Å². The summed E-state index contributed by atoms with van der Waals surface area (Å²) in [5, 5.41) is 3.20. The molecule has 0 heterocycles. The predicted octanol–water partition coefficient (Wildman–Crippen LogP) is 2.02. The molecule has 1 aliphatic carbocycles. The van der Waals surface area contributed by atoms with Crippen molar-refractivity contribution in [3.8, 4) is 0 Å². The van der Waals surface area contributed by atoms with E-state index in [2.05, 4.69) is 36.5 Å². The van der Waals surface area contributed by atoms with Gasteiger partial charge in [0.1, 0.15) is 0 Å². The number of nitrogens with two attached hydrogens (primary N) is 1. The van der Waals surface area contributed by atoms with Crippen molar-refractivity contribution in [1.82, 2.24) is 10.7 Å². The van der Waals surface area contributed by atoms with Gasteiger partial charge < -0.3 is 5.32 Å². The molecule has 4 nitrogen and oxygen atoms in total. The molecule has 0 spiro atoms. The summed E-state index contributed by atoms with van der Waals surface area (Å²) in [6.45, 7) is 7.36. The molecule has 1 rings (SSSR count). The zero-order valence-corrected chi connectivity index (χ0v) is 11.5. The maximum absolute atomic E-state index is 5.44. The minimum absolute atomic E-state index is 0.362. The van der Waals surface area contributed by atoms with Crippen LogP contribution in [0.25, 0.3) is 0 Å². The molecule has 100 valence electrons. The SMILES string of the molecule is CCC1CCC(CN=C(NN)NC(C)C)CC1. The number of hydrogen-bond acceptors (Lipinski definition) is 2. The van der Waals surface area contributed by atoms with Gasteiger partial charge >= 0.3 is 0 Å². The number of hydrogen-bond donors (Lipinski definition) is 3. The van der Waals surface area contributed by atoms with Gasteiger partial charge in [0, 0.05) is 12.6 Å². The van der Waals surface area contributed by atoms with Crippen molar-refractivity contribution in [2.75, 3.05) is 6.54 Å². The van der Waals surface area contributed by atoms with E-state index in [9.17, 15) is 0 Å². The number of hydrazine groups is 1. The van der Waals surface area contributed by atoms with Crippen LogP contribution in [-0.4, -0.2) is 18.5 Å². The van der Waals surface area contributed by atoms with E-state index in [1.807, 2.05) is 0 Å². The summed E-state index contributed by atoms with van der Waals surface area (Å²) < 4.78 is 0. The number of nitrogens with zero attached hydrogens (tertiary/aromatic N) is 1. The predicted molar refractivity (Wildman–Crippen MR) is 73.6 cm³/mol. The lowest BCUT2D eigenvalue weighted by molar-refractivity contribution is 0.274. The molecule has 0 aromatic heterocycles. The topological polar surface area (TPSA) is 62.4 Å². The fourth-order valence-corrected chi connectivity index (χ4v) is 2.45. The number of guanidine groups is 1. The van der Waals surface area contributed by atoms with Crippen LogP contribution in [0.5, 0.6) is 0 Å². The molecule has 0 aromatic carbocycles. The van der Waals surface area contributed by atoms with Crippen LogP contribution in [0.4, 0.5) is 0 Å². The molecule has 0 atom stereocenters. The smallest absolute Gasteiger partial charge is 0.205 e. The zero-order valence-electron chi connectivity index (χ0n) is 11.5. The number of aliphatic imine (C=N–C) groups is 1. The molecular weight excluding hydrogens is 212 g/mol. The molecule has 4 heteroatoms. The van der Waals surface area contributed by atoms with Crippen LogP contribution in [-0.2, 0) is 0 Å². The Morgan fingerprint density at radius 1 is 1.24 bits per heavy atom. The molecule has 0 bridgehead atoms. The highest BCUT2D eigenvalue weighted by Gasteiger charge is 2.19. The Kier molecular flexibility index (Phi) is 6.34. The minimum atomic E-state index is 0.362. The average Bonchev–Trinajstić information content (AvgIpc) is 2.34. The maximum Gasteiger partial charge on any atom is 0.205 e. The second kappa shape index (κ2) is 7.54. The molecule has 0 aliphatic heterocycles. The standard InChI is InChI=1S/C13H28N4/c1-4-11-5-7-12(8-6-11)9-15-13(17-14)16-10(2)3/h10-12H,4-9,14H2,1-3H3,(H2,15,16,17). The van der Waals surface area contributed by atoms with E-state index >= 15 is 0 Å². The lowest BCUT2D eigenvalue weighted by atomic mass is 9.81. The van der Waals surface area contributed by atoms with Crippen LogP contribution in [0.15, 0.2) is 4.99 Å². The van der Waals surface area contributed by atoms with Crippen molar-refractivity contribution < 1.29 is 0 Å². The molecule has 1 saturated carbocycles. The van der Waals surface area contributed by atoms with Gasteiger partial charge in [-0.1, -0.05) is 26.2 Å². The van der Waals surface area contributed by atoms with Crippen molar-refractivity contribution in [3.05, 3.63) is 0 Å². The van der Waals surface area contributed by atoms with Crippen molar-refractivity contribution in [3.63, 3.8) is 0 Å². The van der Waals surface area contributed by atoms with Crippen LogP contribution in [0.1, 0.15) is 52.9 Å². The van der Waals surface area contributed by atoms with Crippen molar-refractivity contribution in [2.45, 2.75) is 58.9 Å². The lowest BCUT2D eigenvalue weighted by Crippen LogP contribution is -2.44. The molecule has 0 saturated heterocycles. The largest absolute Gasteiger partial charge is 0.353 e. The second-order valence-corrected chi connectivity index (χ2v) is 5.43. The minimum Gasteiger partial charge on any atom is -0.353 e. The van der Waals surface area contributed by atoms with E-state index in [0.717, 1.165) is 24.3 Å². The fraction of sp³-hybridized carbons (Fsp3) is 0.923. The highest BCUT2D eigenvalue weighted by Crippen LogP contribution is 2.30. The summed E-state index contributed by atoms with van der Waals surface area (Å²) in [5.74, 6) is 7.86. The van der Waals surface area contributed by atoms with E-state index in [1.54, 1.807) is 0 Å².